The van der Waals surface area contributed by atoms with E-state index in [2.05, 4.69) is 55.0 Å². The van der Waals surface area contributed by atoms with Gasteiger partial charge in [0.05, 0.1) is 13.2 Å². The number of unbranched alkanes of at least 4 members (excludes halogenated alkanes) is 1. The maximum atomic E-state index is 5.68. The minimum absolute atomic E-state index is 0. The number of aliphatic imine (C=N–C) groups is 1. The first kappa shape index (κ1) is 24.5. The fourth-order valence-electron chi connectivity index (χ4n) is 2.26. The van der Waals surface area contributed by atoms with E-state index in [4.69, 9.17) is 9.73 Å². The number of halogens is 1. The van der Waals surface area contributed by atoms with E-state index in [0.29, 0.717) is 13.2 Å². The Morgan fingerprint density at radius 3 is 2.56 bits per heavy atom. The van der Waals surface area contributed by atoms with Crippen LogP contribution in [0.3, 0.4) is 0 Å². The Bertz CT molecular complexity index is 472. The fourth-order valence-corrected chi connectivity index (χ4v) is 2.76. The summed E-state index contributed by atoms with van der Waals surface area (Å²) in [5.41, 5.74) is 2.46. The molecular formula is C19H34IN3OS. The van der Waals surface area contributed by atoms with Crippen molar-refractivity contribution in [3.05, 3.63) is 35.4 Å². The average molecular weight is 479 g/mol. The largest absolute Gasteiger partial charge is 0.377 e. The van der Waals surface area contributed by atoms with Crippen molar-refractivity contribution >= 4 is 41.7 Å². The highest BCUT2D eigenvalue weighted by atomic mass is 127. The summed E-state index contributed by atoms with van der Waals surface area (Å²) in [5.74, 6) is 2.12. The number of nitrogens with zero attached hydrogens (tertiary/aromatic N) is 1. The fraction of sp³-hybridized carbons (Fsp3) is 0.632. The van der Waals surface area contributed by atoms with Crippen LogP contribution in [0.15, 0.2) is 29.3 Å². The molecule has 0 saturated heterocycles. The van der Waals surface area contributed by atoms with Crippen LogP contribution in [0.25, 0.3) is 0 Å². The lowest BCUT2D eigenvalue weighted by Gasteiger charge is -2.12. The molecule has 6 heteroatoms. The minimum Gasteiger partial charge on any atom is -0.377 e. The third kappa shape index (κ3) is 11.7. The molecule has 0 aliphatic heterocycles. The predicted molar refractivity (Wildman–Crippen MR) is 122 cm³/mol. The molecule has 0 heterocycles. The Balaban J connectivity index is 0.00000576. The van der Waals surface area contributed by atoms with Crippen molar-refractivity contribution in [1.82, 2.24) is 10.6 Å². The molecule has 0 aliphatic carbocycles. The molecular weight excluding hydrogens is 445 g/mol. The van der Waals surface area contributed by atoms with Crippen molar-refractivity contribution in [2.75, 3.05) is 31.7 Å². The average Bonchev–Trinajstić information content (AvgIpc) is 2.60. The molecule has 0 spiro atoms. The third-order valence-corrected chi connectivity index (χ3v) is 4.24. The Morgan fingerprint density at radius 1 is 1.12 bits per heavy atom. The molecule has 0 bridgehead atoms. The molecule has 1 rings (SSSR count). The van der Waals surface area contributed by atoms with E-state index in [0.717, 1.165) is 32.1 Å². The lowest BCUT2D eigenvalue weighted by molar-refractivity contribution is 0.121. The van der Waals surface area contributed by atoms with Gasteiger partial charge < -0.3 is 15.4 Å². The van der Waals surface area contributed by atoms with Crippen LogP contribution < -0.4 is 10.6 Å². The van der Waals surface area contributed by atoms with Crippen LogP contribution >= 0.6 is 35.7 Å². The zero-order valence-corrected chi connectivity index (χ0v) is 19.0. The highest BCUT2D eigenvalue weighted by molar-refractivity contribution is 14.0. The monoisotopic (exact) mass is 479 g/mol. The maximum Gasteiger partial charge on any atom is 0.191 e. The van der Waals surface area contributed by atoms with Gasteiger partial charge in [0.2, 0.25) is 0 Å². The van der Waals surface area contributed by atoms with Crippen LogP contribution in [0.2, 0.25) is 0 Å². The summed E-state index contributed by atoms with van der Waals surface area (Å²) >= 11 is 1.90. The number of rotatable bonds is 12. The molecule has 0 atom stereocenters. The molecule has 0 aliphatic rings. The third-order valence-electron chi connectivity index (χ3n) is 3.54. The van der Waals surface area contributed by atoms with Crippen LogP contribution in [-0.4, -0.2) is 37.7 Å². The highest BCUT2D eigenvalue weighted by Crippen LogP contribution is 2.11. The molecule has 0 radical (unpaired) electrons. The van der Waals surface area contributed by atoms with Crippen molar-refractivity contribution in [1.29, 1.82) is 0 Å². The summed E-state index contributed by atoms with van der Waals surface area (Å²) in [6, 6.07) is 8.39. The highest BCUT2D eigenvalue weighted by Gasteiger charge is 2.03. The van der Waals surface area contributed by atoms with E-state index < -0.39 is 0 Å². The van der Waals surface area contributed by atoms with Gasteiger partial charge in [-0.15, -0.1) is 24.0 Å². The molecule has 0 amide bonds. The number of hydrogen-bond acceptors (Lipinski definition) is 3. The zero-order chi connectivity index (χ0) is 17.5. The minimum atomic E-state index is 0. The van der Waals surface area contributed by atoms with Crippen molar-refractivity contribution < 1.29 is 4.74 Å². The van der Waals surface area contributed by atoms with Gasteiger partial charge in [-0.05, 0) is 49.3 Å². The van der Waals surface area contributed by atoms with Gasteiger partial charge >= 0.3 is 0 Å². The van der Waals surface area contributed by atoms with E-state index in [-0.39, 0.29) is 24.0 Å². The van der Waals surface area contributed by atoms with Gasteiger partial charge in [0.25, 0.3) is 0 Å². The van der Waals surface area contributed by atoms with Crippen LogP contribution in [0.4, 0.5) is 0 Å². The molecule has 0 saturated carbocycles. The van der Waals surface area contributed by atoms with Gasteiger partial charge in [0.15, 0.2) is 5.96 Å². The van der Waals surface area contributed by atoms with E-state index in [1.54, 1.807) is 0 Å². The standard InChI is InChI=1S/C19H33N3OS.HI/c1-4-13-23-16-18-11-7-6-10-17(18)15-22-19(20-5-2)21-12-8-9-14-24-3;/h6-7,10-11H,4-5,8-9,12-16H2,1-3H3,(H2,20,21,22);1H. The molecule has 1 aromatic rings. The van der Waals surface area contributed by atoms with Gasteiger partial charge in [-0.2, -0.15) is 11.8 Å². The molecule has 2 N–H and O–H groups in total. The summed E-state index contributed by atoms with van der Waals surface area (Å²) in [6.45, 7) is 8.20. The smallest absolute Gasteiger partial charge is 0.191 e. The lowest BCUT2D eigenvalue weighted by atomic mass is 10.1. The predicted octanol–water partition coefficient (Wildman–Crippen LogP) is 4.43. The van der Waals surface area contributed by atoms with Gasteiger partial charge in [0, 0.05) is 19.7 Å². The summed E-state index contributed by atoms with van der Waals surface area (Å²) < 4.78 is 5.68. The van der Waals surface area contributed by atoms with Crippen molar-refractivity contribution in [3.8, 4) is 0 Å². The van der Waals surface area contributed by atoms with Crippen LogP contribution in [0.1, 0.15) is 44.2 Å². The summed E-state index contributed by atoms with van der Waals surface area (Å²) in [7, 11) is 0. The second-order valence-corrected chi connectivity index (χ2v) is 6.63. The van der Waals surface area contributed by atoms with Crippen molar-refractivity contribution in [2.24, 2.45) is 4.99 Å². The van der Waals surface area contributed by atoms with Gasteiger partial charge in [-0.3, -0.25) is 0 Å². The van der Waals surface area contributed by atoms with Gasteiger partial charge in [-0.25, -0.2) is 4.99 Å². The second kappa shape index (κ2) is 17.0. The Morgan fingerprint density at radius 2 is 1.88 bits per heavy atom. The quantitative estimate of drug-likeness (QED) is 0.202. The zero-order valence-electron chi connectivity index (χ0n) is 15.8. The normalized spacial score (nSPS) is 11.1. The van der Waals surface area contributed by atoms with Crippen LogP contribution in [0.5, 0.6) is 0 Å². The van der Waals surface area contributed by atoms with E-state index in [1.807, 2.05) is 11.8 Å². The maximum absolute atomic E-state index is 5.68. The van der Waals surface area contributed by atoms with Gasteiger partial charge in [0.1, 0.15) is 0 Å². The molecule has 144 valence electrons. The first-order chi connectivity index (χ1) is 11.8. The van der Waals surface area contributed by atoms with Crippen LogP contribution in [-0.2, 0) is 17.9 Å². The summed E-state index contributed by atoms with van der Waals surface area (Å²) in [4.78, 5) is 4.72. The topological polar surface area (TPSA) is 45.6 Å². The Kier molecular flexibility index (Phi) is 16.7. The van der Waals surface area contributed by atoms with Crippen molar-refractivity contribution in [3.63, 3.8) is 0 Å². The first-order valence-electron chi connectivity index (χ1n) is 8.97. The number of benzene rings is 1. The number of thioether (sulfide) groups is 1. The molecule has 1 aromatic carbocycles. The molecule has 0 unspecified atom stereocenters. The number of ether oxygens (including phenoxy) is 1. The van der Waals surface area contributed by atoms with Crippen molar-refractivity contribution in [2.45, 2.75) is 46.3 Å². The molecule has 0 aromatic heterocycles. The van der Waals surface area contributed by atoms with E-state index in [1.165, 1.54) is 29.7 Å². The Hall–Kier alpha value is -0.470. The lowest BCUT2D eigenvalue weighted by Crippen LogP contribution is -2.37. The summed E-state index contributed by atoms with van der Waals surface area (Å²) in [6.07, 6.45) is 5.61. The Labute approximate surface area is 175 Å². The summed E-state index contributed by atoms with van der Waals surface area (Å²) in [5, 5.41) is 6.74. The van der Waals surface area contributed by atoms with Crippen LogP contribution in [0, 0.1) is 0 Å². The molecule has 0 fully saturated rings. The first-order valence-corrected chi connectivity index (χ1v) is 10.4. The molecule has 25 heavy (non-hydrogen) atoms. The number of hydrogen-bond donors (Lipinski definition) is 2. The second-order valence-electron chi connectivity index (χ2n) is 5.64. The SMILES string of the molecule is CCCOCc1ccccc1CN=C(NCC)NCCCCSC.I. The van der Waals surface area contributed by atoms with E-state index in [9.17, 15) is 0 Å². The van der Waals surface area contributed by atoms with Gasteiger partial charge in [-0.1, -0.05) is 31.2 Å². The number of nitrogens with one attached hydrogen (secondary N) is 2. The van der Waals surface area contributed by atoms with E-state index >= 15 is 0 Å². The number of guanidine groups is 1. The molecule has 4 nitrogen and oxygen atoms in total.